The second kappa shape index (κ2) is 11.1. The van der Waals surface area contributed by atoms with E-state index in [9.17, 15) is 0 Å². The predicted octanol–water partition coefficient (Wildman–Crippen LogP) is 11.7. The second-order valence-corrected chi connectivity index (χ2v) is 13.7. The van der Waals surface area contributed by atoms with Gasteiger partial charge in [-0.2, -0.15) is 9.97 Å². The Morgan fingerprint density at radius 3 is 1.79 bits per heavy atom. The van der Waals surface area contributed by atoms with Gasteiger partial charge in [-0.15, -0.1) is 0 Å². The fraction of sp³-hybridized carbons (Fsp3) is 0.0625. The van der Waals surface area contributed by atoms with Crippen LogP contribution in [0.5, 0.6) is 0 Å². The Morgan fingerprint density at radius 1 is 0.491 bits per heavy atom. The van der Waals surface area contributed by atoms with Crippen LogP contribution in [-0.4, -0.2) is 24.1 Å². The number of para-hydroxylation sites is 3. The van der Waals surface area contributed by atoms with Crippen LogP contribution < -0.4 is 0 Å². The molecule has 1 aliphatic rings. The van der Waals surface area contributed by atoms with Crippen LogP contribution in [0.15, 0.2) is 164 Å². The van der Waals surface area contributed by atoms with E-state index in [1.165, 1.54) is 0 Å². The lowest BCUT2D eigenvalue weighted by molar-refractivity contribution is 0.660. The van der Waals surface area contributed by atoms with Gasteiger partial charge in [-0.05, 0) is 46.5 Å². The van der Waals surface area contributed by atoms with Gasteiger partial charge in [0.1, 0.15) is 0 Å². The minimum absolute atomic E-state index is 0.0335. The lowest BCUT2D eigenvalue weighted by Crippen LogP contribution is -2.14. The Kier molecular flexibility index (Phi) is 4.49. The zero-order valence-electron chi connectivity index (χ0n) is 38.6. The monoisotopic (exact) mass is 689 g/mol. The smallest absolute Gasteiger partial charge is 0.238 e. The summed E-state index contributed by atoms with van der Waals surface area (Å²) in [7, 11) is 0. The third-order valence-corrected chi connectivity index (χ3v) is 10.6. The number of rotatable bonds is 4. The number of benzene rings is 7. The topological polar surface area (TPSA) is 48.5 Å². The molecule has 3 aromatic heterocycles. The van der Waals surface area contributed by atoms with Crippen molar-refractivity contribution < 1.29 is 13.7 Å². The van der Waals surface area contributed by atoms with Gasteiger partial charge in [0.2, 0.25) is 5.95 Å². The van der Waals surface area contributed by atoms with Crippen molar-refractivity contribution in [1.82, 2.24) is 24.1 Å². The van der Waals surface area contributed by atoms with Gasteiger partial charge in [-0.25, -0.2) is 4.98 Å². The largest absolute Gasteiger partial charge is 0.307 e. The second-order valence-electron chi connectivity index (χ2n) is 13.7. The van der Waals surface area contributed by atoms with E-state index in [1.54, 1.807) is 4.57 Å². The molecule has 3 heterocycles. The van der Waals surface area contributed by atoms with Crippen LogP contribution >= 0.6 is 0 Å². The maximum atomic E-state index is 9.16. The minimum atomic E-state index is -0.548. The molecule has 0 unspecified atom stereocenters. The van der Waals surface area contributed by atoms with Crippen molar-refractivity contribution in [3.63, 3.8) is 0 Å². The molecule has 0 bridgehead atoms. The average molecular weight is 690 g/mol. The summed E-state index contributed by atoms with van der Waals surface area (Å²) < 4.78 is 91.3. The maximum Gasteiger partial charge on any atom is 0.238 e. The van der Waals surface area contributed by atoms with Crippen LogP contribution in [0.3, 0.4) is 0 Å². The summed E-state index contributed by atoms with van der Waals surface area (Å²) >= 11 is 0. The van der Waals surface area contributed by atoms with Crippen LogP contribution in [-0.2, 0) is 5.41 Å². The highest BCUT2D eigenvalue weighted by atomic mass is 15.2. The summed E-state index contributed by atoms with van der Waals surface area (Å²) in [4.78, 5) is 15.2. The fourth-order valence-electron chi connectivity index (χ4n) is 8.30. The van der Waals surface area contributed by atoms with E-state index >= 15 is 0 Å². The first-order chi connectivity index (χ1) is 30.2. The van der Waals surface area contributed by atoms with Crippen molar-refractivity contribution in [3.8, 4) is 45.5 Å². The molecule has 1 aliphatic carbocycles. The molecular formula is C48H33N5. The number of aromatic nitrogens is 5. The van der Waals surface area contributed by atoms with Crippen LogP contribution in [0.25, 0.3) is 89.2 Å². The van der Waals surface area contributed by atoms with Crippen molar-refractivity contribution in [2.75, 3.05) is 0 Å². The molecule has 53 heavy (non-hydrogen) atoms. The van der Waals surface area contributed by atoms with Crippen molar-refractivity contribution in [2.45, 2.75) is 19.3 Å². The Hall–Kier alpha value is -6.85. The molecular weight excluding hydrogens is 647 g/mol. The molecule has 10 aromatic rings. The molecule has 0 atom stereocenters. The predicted molar refractivity (Wildman–Crippen MR) is 217 cm³/mol. The Morgan fingerprint density at radius 2 is 1.06 bits per heavy atom. The molecule has 0 amide bonds. The first kappa shape index (κ1) is 21.5. The SMILES string of the molecule is [2H]c1c([2H])c([2H])c(-c2nc(-c3cccc4c3-c3ccccc3C4(C)C)nc(-n3c4ccccc4c4ccc5c6ccccc6n(-c6c([2H])c([2H])c([2H])c([2H])c6[2H])c5c43)n2)c([2H])c1[2H]. The van der Waals surface area contributed by atoms with Crippen LogP contribution in [0.4, 0.5) is 0 Å². The fourth-order valence-corrected chi connectivity index (χ4v) is 8.30. The van der Waals surface area contributed by atoms with Crippen molar-refractivity contribution in [1.29, 1.82) is 0 Å². The minimum Gasteiger partial charge on any atom is -0.307 e. The van der Waals surface area contributed by atoms with E-state index in [-0.39, 0.29) is 46.3 Å². The molecule has 0 aliphatic heterocycles. The normalized spacial score (nSPS) is 15.9. The molecule has 7 aromatic carbocycles. The van der Waals surface area contributed by atoms with Crippen molar-refractivity contribution >= 4 is 43.6 Å². The van der Waals surface area contributed by atoms with Gasteiger partial charge in [0.25, 0.3) is 0 Å². The zero-order chi connectivity index (χ0) is 44.0. The highest BCUT2D eigenvalue weighted by molar-refractivity contribution is 6.23. The van der Waals surface area contributed by atoms with Crippen molar-refractivity contribution in [3.05, 3.63) is 175 Å². The van der Waals surface area contributed by atoms with Crippen LogP contribution in [0, 0.1) is 0 Å². The summed E-state index contributed by atoms with van der Waals surface area (Å²) in [6, 6.07) is 28.4. The maximum absolute atomic E-state index is 9.16. The van der Waals surface area contributed by atoms with Gasteiger partial charge in [0.05, 0.1) is 35.8 Å². The summed E-state index contributed by atoms with van der Waals surface area (Å²) in [5, 5.41) is 3.05. The Balaban J connectivity index is 1.34. The van der Waals surface area contributed by atoms with Gasteiger partial charge in [0, 0.05) is 43.8 Å². The molecule has 5 nitrogen and oxygen atoms in total. The molecule has 0 N–H and O–H groups in total. The van der Waals surface area contributed by atoms with E-state index in [1.807, 2.05) is 89.5 Å². The van der Waals surface area contributed by atoms with Gasteiger partial charge in [-0.1, -0.05) is 153 Å². The van der Waals surface area contributed by atoms with E-state index in [2.05, 4.69) is 32.0 Å². The third kappa shape index (κ3) is 4.22. The number of hydrogen-bond acceptors (Lipinski definition) is 3. The molecule has 11 rings (SSSR count). The lowest BCUT2D eigenvalue weighted by Gasteiger charge is -2.21. The Labute approximate surface area is 320 Å². The first-order valence-electron chi connectivity index (χ1n) is 22.3. The summed E-state index contributed by atoms with van der Waals surface area (Å²) in [6.07, 6.45) is 0. The Bertz CT molecular complexity index is 3630. The highest BCUT2D eigenvalue weighted by Gasteiger charge is 2.37. The van der Waals surface area contributed by atoms with E-state index in [4.69, 9.17) is 28.7 Å². The number of hydrogen-bond donors (Lipinski definition) is 0. The third-order valence-electron chi connectivity index (χ3n) is 10.6. The first-order valence-corrected chi connectivity index (χ1v) is 17.3. The standard InChI is InChI=1S/C48H33N5/c1-48(2)38-24-12-9-22-36(38)42-37(23-15-25-39(42)48)46-49-45(30-16-5-3-6-17-30)50-47(51-46)53-41-27-14-11-21-33(41)35-29-28-34-32-20-10-13-26-40(32)52(43(34)44(35)53)31-18-7-4-8-19-31/h3-29H,1-2H3/i3D,4D,5D,6D,7D,8D,16D,17D,18D,19D. The number of nitrogens with zero attached hydrogens (tertiary/aromatic N) is 5. The van der Waals surface area contributed by atoms with Crippen LogP contribution in [0.1, 0.15) is 38.7 Å². The van der Waals surface area contributed by atoms with Crippen molar-refractivity contribution in [2.24, 2.45) is 0 Å². The average Bonchev–Trinajstić information content (AvgIpc) is 3.89. The molecule has 250 valence electrons. The summed E-state index contributed by atoms with van der Waals surface area (Å²) in [5.41, 5.74) is 6.47. The van der Waals surface area contributed by atoms with Gasteiger partial charge >= 0.3 is 0 Å². The van der Waals surface area contributed by atoms with E-state index < -0.39 is 48.3 Å². The van der Waals surface area contributed by atoms with Gasteiger partial charge in [0.15, 0.2) is 11.6 Å². The van der Waals surface area contributed by atoms with E-state index in [0.717, 1.165) is 43.8 Å². The number of fused-ring (bicyclic) bond motifs is 10. The molecule has 0 spiro atoms. The highest BCUT2D eigenvalue weighted by Crippen LogP contribution is 2.52. The molecule has 5 heteroatoms. The van der Waals surface area contributed by atoms with E-state index in [0.29, 0.717) is 27.6 Å². The molecule has 0 saturated heterocycles. The van der Waals surface area contributed by atoms with Gasteiger partial charge < -0.3 is 4.57 Å². The van der Waals surface area contributed by atoms with Gasteiger partial charge in [-0.3, -0.25) is 4.57 Å². The van der Waals surface area contributed by atoms with Crippen LogP contribution in [0.2, 0.25) is 0 Å². The lowest BCUT2D eigenvalue weighted by atomic mass is 9.82. The quantitative estimate of drug-likeness (QED) is 0.185. The molecule has 0 fully saturated rings. The summed E-state index contributed by atoms with van der Waals surface area (Å²) in [6.45, 7) is 4.33. The zero-order valence-corrected chi connectivity index (χ0v) is 28.6. The molecule has 0 radical (unpaired) electrons. The summed E-state index contributed by atoms with van der Waals surface area (Å²) in [5.74, 6) is 0.136. The molecule has 0 saturated carbocycles.